The van der Waals surface area contributed by atoms with Gasteiger partial charge < -0.3 is 15.7 Å². The van der Waals surface area contributed by atoms with Crippen molar-refractivity contribution in [3.8, 4) is 0 Å². The number of aliphatic hydroxyl groups excluding tert-OH is 1. The van der Waals surface area contributed by atoms with E-state index in [0.29, 0.717) is 30.4 Å². The van der Waals surface area contributed by atoms with Crippen LogP contribution in [-0.2, 0) is 4.79 Å². The fourth-order valence-electron chi connectivity index (χ4n) is 3.86. The van der Waals surface area contributed by atoms with E-state index in [0.717, 1.165) is 0 Å². The van der Waals surface area contributed by atoms with Crippen LogP contribution >= 0.6 is 0 Å². The van der Waals surface area contributed by atoms with E-state index in [4.69, 9.17) is 0 Å². The number of aliphatic hydroxyl groups is 1. The van der Waals surface area contributed by atoms with Crippen LogP contribution in [0.3, 0.4) is 0 Å². The Morgan fingerprint density at radius 2 is 1.76 bits per heavy atom. The lowest BCUT2D eigenvalue weighted by Crippen LogP contribution is -2.43. The number of β-amino-alcohol motifs (C(OH)–C–C–N with tert-alkyl or cyclic N) is 1. The van der Waals surface area contributed by atoms with Crippen LogP contribution in [0, 0.1) is 0 Å². The smallest absolute Gasteiger partial charge is 0.251 e. The van der Waals surface area contributed by atoms with E-state index in [1.54, 1.807) is 24.3 Å². The standard InChI is InChI=1S/C19H27N3O3/c1-13(23)20-15-9-7-14(8-10-15)19(25)21-17-11-22(12-18(17)24)16-5-3-2-4-6-16/h7-10,16-18,24H,2-6,11-12H2,1H3,(H,20,23)(H,21,25). The quantitative estimate of drug-likeness (QED) is 0.777. The van der Waals surface area contributed by atoms with Gasteiger partial charge in [0, 0.05) is 37.3 Å². The summed E-state index contributed by atoms with van der Waals surface area (Å²) in [6.07, 6.45) is 5.69. The van der Waals surface area contributed by atoms with Crippen LogP contribution in [0.25, 0.3) is 0 Å². The van der Waals surface area contributed by atoms with Gasteiger partial charge in [-0.05, 0) is 37.1 Å². The molecule has 2 fully saturated rings. The Kier molecular flexibility index (Phi) is 5.71. The monoisotopic (exact) mass is 345 g/mol. The van der Waals surface area contributed by atoms with Gasteiger partial charge in [-0.2, -0.15) is 0 Å². The molecule has 2 atom stereocenters. The van der Waals surface area contributed by atoms with E-state index in [1.807, 2.05) is 0 Å². The number of anilines is 1. The van der Waals surface area contributed by atoms with E-state index in [1.165, 1.54) is 39.0 Å². The van der Waals surface area contributed by atoms with Gasteiger partial charge in [-0.25, -0.2) is 0 Å². The topological polar surface area (TPSA) is 81.7 Å². The van der Waals surface area contributed by atoms with Crippen molar-refractivity contribution < 1.29 is 14.7 Å². The summed E-state index contributed by atoms with van der Waals surface area (Å²) >= 11 is 0. The molecular formula is C19H27N3O3. The van der Waals surface area contributed by atoms with Gasteiger partial charge in [0.2, 0.25) is 5.91 Å². The van der Waals surface area contributed by atoms with Crippen molar-refractivity contribution in [1.82, 2.24) is 10.2 Å². The van der Waals surface area contributed by atoms with Crippen LogP contribution < -0.4 is 10.6 Å². The lowest BCUT2D eigenvalue weighted by molar-refractivity contribution is -0.114. The van der Waals surface area contributed by atoms with Gasteiger partial charge in [0.25, 0.3) is 5.91 Å². The van der Waals surface area contributed by atoms with Gasteiger partial charge in [-0.3, -0.25) is 14.5 Å². The number of amides is 2. The molecule has 2 unspecified atom stereocenters. The van der Waals surface area contributed by atoms with Gasteiger partial charge in [0.1, 0.15) is 0 Å². The molecule has 3 N–H and O–H groups in total. The highest BCUT2D eigenvalue weighted by atomic mass is 16.3. The normalized spacial score (nSPS) is 24.9. The van der Waals surface area contributed by atoms with Crippen molar-refractivity contribution in [2.45, 2.75) is 57.2 Å². The number of nitrogens with zero attached hydrogens (tertiary/aromatic N) is 1. The lowest BCUT2D eigenvalue weighted by atomic mass is 9.94. The van der Waals surface area contributed by atoms with Gasteiger partial charge in [0.15, 0.2) is 0 Å². The van der Waals surface area contributed by atoms with E-state index in [9.17, 15) is 14.7 Å². The van der Waals surface area contributed by atoms with Crippen molar-refractivity contribution in [1.29, 1.82) is 0 Å². The van der Waals surface area contributed by atoms with E-state index in [2.05, 4.69) is 15.5 Å². The molecule has 1 aromatic rings. The lowest BCUT2D eigenvalue weighted by Gasteiger charge is -2.30. The molecule has 0 spiro atoms. The van der Waals surface area contributed by atoms with Gasteiger partial charge in [0.05, 0.1) is 12.1 Å². The summed E-state index contributed by atoms with van der Waals surface area (Å²) in [7, 11) is 0. The fraction of sp³-hybridized carbons (Fsp3) is 0.579. The number of nitrogens with one attached hydrogen (secondary N) is 2. The molecule has 1 aliphatic heterocycles. The molecular weight excluding hydrogens is 318 g/mol. The average Bonchev–Trinajstić information content (AvgIpc) is 2.96. The highest BCUT2D eigenvalue weighted by Crippen LogP contribution is 2.26. The van der Waals surface area contributed by atoms with Crippen LogP contribution in [0.1, 0.15) is 49.4 Å². The molecule has 136 valence electrons. The summed E-state index contributed by atoms with van der Waals surface area (Å²) in [5.41, 5.74) is 1.19. The second-order valence-electron chi connectivity index (χ2n) is 7.15. The van der Waals surface area contributed by atoms with Crippen LogP contribution in [-0.4, -0.2) is 53.1 Å². The number of rotatable bonds is 4. The maximum absolute atomic E-state index is 12.4. The maximum Gasteiger partial charge on any atom is 0.251 e. The Hall–Kier alpha value is -1.92. The Morgan fingerprint density at radius 3 is 2.40 bits per heavy atom. The molecule has 1 heterocycles. The van der Waals surface area contributed by atoms with Gasteiger partial charge in [-0.15, -0.1) is 0 Å². The first-order valence-corrected chi connectivity index (χ1v) is 9.13. The second-order valence-corrected chi connectivity index (χ2v) is 7.15. The molecule has 6 nitrogen and oxygen atoms in total. The number of hydrogen-bond donors (Lipinski definition) is 3. The van der Waals surface area contributed by atoms with Crippen LogP contribution in [0.15, 0.2) is 24.3 Å². The van der Waals surface area contributed by atoms with Crippen LogP contribution in [0.5, 0.6) is 0 Å². The minimum atomic E-state index is -0.524. The fourth-order valence-corrected chi connectivity index (χ4v) is 3.86. The summed E-state index contributed by atoms with van der Waals surface area (Å²) in [4.78, 5) is 25.8. The average molecular weight is 345 g/mol. The summed E-state index contributed by atoms with van der Waals surface area (Å²) in [5, 5.41) is 16.0. The van der Waals surface area contributed by atoms with E-state index in [-0.39, 0.29) is 17.9 Å². The van der Waals surface area contributed by atoms with Gasteiger partial charge >= 0.3 is 0 Å². The number of likely N-dealkylation sites (tertiary alicyclic amines) is 1. The summed E-state index contributed by atoms with van der Waals surface area (Å²) < 4.78 is 0. The zero-order valence-electron chi connectivity index (χ0n) is 14.7. The molecule has 2 aliphatic rings. The Balaban J connectivity index is 1.56. The zero-order chi connectivity index (χ0) is 17.8. The van der Waals surface area contributed by atoms with Crippen LogP contribution in [0.4, 0.5) is 5.69 Å². The minimum absolute atomic E-state index is 0.144. The summed E-state index contributed by atoms with van der Waals surface area (Å²) in [5.74, 6) is -0.335. The first-order chi connectivity index (χ1) is 12.0. The second kappa shape index (κ2) is 7.97. The van der Waals surface area contributed by atoms with Gasteiger partial charge in [-0.1, -0.05) is 19.3 Å². The molecule has 0 bridgehead atoms. The highest BCUT2D eigenvalue weighted by molar-refractivity contribution is 5.95. The largest absolute Gasteiger partial charge is 0.390 e. The third kappa shape index (κ3) is 4.58. The first kappa shape index (κ1) is 17.9. The Labute approximate surface area is 148 Å². The molecule has 0 aromatic heterocycles. The molecule has 1 saturated heterocycles. The SMILES string of the molecule is CC(=O)Nc1ccc(C(=O)NC2CN(C3CCCCC3)CC2O)cc1. The van der Waals surface area contributed by atoms with Crippen molar-refractivity contribution in [3.63, 3.8) is 0 Å². The predicted octanol–water partition coefficient (Wildman–Crippen LogP) is 1.75. The van der Waals surface area contributed by atoms with Crippen molar-refractivity contribution in [3.05, 3.63) is 29.8 Å². The summed E-state index contributed by atoms with van der Waals surface area (Å²) in [6.45, 7) is 2.79. The molecule has 1 aromatic carbocycles. The van der Waals surface area contributed by atoms with Crippen molar-refractivity contribution in [2.24, 2.45) is 0 Å². The number of benzene rings is 1. The van der Waals surface area contributed by atoms with Crippen molar-refractivity contribution in [2.75, 3.05) is 18.4 Å². The minimum Gasteiger partial charge on any atom is -0.390 e. The predicted molar refractivity (Wildman–Crippen MR) is 96.5 cm³/mol. The van der Waals surface area contributed by atoms with Crippen LogP contribution in [0.2, 0.25) is 0 Å². The third-order valence-electron chi connectivity index (χ3n) is 5.19. The molecule has 1 saturated carbocycles. The Bertz CT molecular complexity index is 611. The molecule has 0 radical (unpaired) electrons. The molecule has 1 aliphatic carbocycles. The number of carbonyl (C=O) groups excluding carboxylic acids is 2. The molecule has 6 heteroatoms. The molecule has 3 rings (SSSR count). The maximum atomic E-state index is 12.4. The Morgan fingerprint density at radius 1 is 1.08 bits per heavy atom. The zero-order valence-corrected chi connectivity index (χ0v) is 14.7. The third-order valence-corrected chi connectivity index (χ3v) is 5.19. The summed E-state index contributed by atoms with van der Waals surface area (Å²) in [6, 6.07) is 7.08. The van der Waals surface area contributed by atoms with E-state index >= 15 is 0 Å². The van der Waals surface area contributed by atoms with E-state index < -0.39 is 6.10 Å². The number of hydrogen-bond acceptors (Lipinski definition) is 4. The number of carbonyl (C=O) groups is 2. The van der Waals surface area contributed by atoms with Crippen molar-refractivity contribution >= 4 is 17.5 Å². The highest BCUT2D eigenvalue weighted by Gasteiger charge is 2.36. The molecule has 2 amide bonds. The molecule has 25 heavy (non-hydrogen) atoms. The first-order valence-electron chi connectivity index (χ1n) is 9.13.